The standard InChI is InChI=1S/C18H23N3O2/c1-18(2)11-21(9-8-15(18)19)17(23)13-10-16(22)20(3)14-7-5-4-6-12(13)14/h4-7,10,15H,8-9,11,19H2,1-3H3. The second kappa shape index (κ2) is 5.49. The Labute approximate surface area is 135 Å². The Morgan fingerprint density at radius 1 is 1.30 bits per heavy atom. The molecule has 2 aromatic rings. The minimum Gasteiger partial charge on any atom is -0.338 e. The number of aryl methyl sites for hydroxylation is 1. The number of para-hydroxylation sites is 1. The van der Waals surface area contributed by atoms with E-state index in [1.807, 2.05) is 29.2 Å². The zero-order valence-electron chi connectivity index (χ0n) is 13.9. The van der Waals surface area contributed by atoms with Crippen molar-refractivity contribution in [3.63, 3.8) is 0 Å². The summed E-state index contributed by atoms with van der Waals surface area (Å²) in [4.78, 5) is 27.0. The maximum absolute atomic E-state index is 13.0. The van der Waals surface area contributed by atoms with Crippen LogP contribution >= 0.6 is 0 Å². The molecule has 1 unspecified atom stereocenters. The minimum atomic E-state index is -0.167. The number of pyridine rings is 1. The summed E-state index contributed by atoms with van der Waals surface area (Å²) in [5, 5.41) is 0.812. The van der Waals surface area contributed by atoms with Crippen LogP contribution < -0.4 is 11.3 Å². The Morgan fingerprint density at radius 3 is 2.70 bits per heavy atom. The van der Waals surface area contributed by atoms with Gasteiger partial charge in [0.05, 0.1) is 11.1 Å². The smallest absolute Gasteiger partial charge is 0.254 e. The monoisotopic (exact) mass is 313 g/mol. The van der Waals surface area contributed by atoms with E-state index in [9.17, 15) is 9.59 Å². The molecule has 0 spiro atoms. The zero-order valence-corrected chi connectivity index (χ0v) is 13.9. The lowest BCUT2D eigenvalue weighted by molar-refractivity contribution is 0.0534. The van der Waals surface area contributed by atoms with E-state index in [1.54, 1.807) is 11.6 Å². The third-order valence-corrected chi connectivity index (χ3v) is 4.98. The Morgan fingerprint density at radius 2 is 2.00 bits per heavy atom. The predicted molar refractivity (Wildman–Crippen MR) is 91.5 cm³/mol. The number of hydrogen-bond donors (Lipinski definition) is 1. The molecule has 1 atom stereocenters. The number of piperidine rings is 1. The van der Waals surface area contributed by atoms with E-state index >= 15 is 0 Å². The van der Waals surface area contributed by atoms with Gasteiger partial charge in [0.15, 0.2) is 0 Å². The van der Waals surface area contributed by atoms with Crippen LogP contribution in [0.1, 0.15) is 30.6 Å². The molecule has 0 bridgehead atoms. The van der Waals surface area contributed by atoms with Crippen molar-refractivity contribution in [2.45, 2.75) is 26.3 Å². The number of likely N-dealkylation sites (tertiary alicyclic amines) is 1. The molecule has 1 aliphatic rings. The van der Waals surface area contributed by atoms with E-state index in [1.165, 1.54) is 6.07 Å². The normalized spacial score (nSPS) is 20.7. The first-order valence-corrected chi connectivity index (χ1v) is 7.95. The molecule has 0 aliphatic carbocycles. The average Bonchev–Trinajstić information content (AvgIpc) is 2.53. The summed E-state index contributed by atoms with van der Waals surface area (Å²) < 4.78 is 1.57. The van der Waals surface area contributed by atoms with Crippen LogP contribution in [0.25, 0.3) is 10.9 Å². The molecular formula is C18H23N3O2. The number of benzene rings is 1. The lowest BCUT2D eigenvalue weighted by Gasteiger charge is -2.42. The summed E-state index contributed by atoms with van der Waals surface area (Å²) in [6, 6.07) is 9.06. The molecule has 1 aliphatic heterocycles. The van der Waals surface area contributed by atoms with Crippen LogP contribution in [0.4, 0.5) is 0 Å². The first-order chi connectivity index (χ1) is 10.8. The van der Waals surface area contributed by atoms with Crippen molar-refractivity contribution in [1.82, 2.24) is 9.47 Å². The van der Waals surface area contributed by atoms with Gasteiger partial charge in [-0.2, -0.15) is 0 Å². The quantitative estimate of drug-likeness (QED) is 0.872. The molecule has 5 nitrogen and oxygen atoms in total. The van der Waals surface area contributed by atoms with Gasteiger partial charge in [0.25, 0.3) is 11.5 Å². The topological polar surface area (TPSA) is 68.3 Å². The lowest BCUT2D eigenvalue weighted by atomic mass is 9.79. The highest BCUT2D eigenvalue weighted by Crippen LogP contribution is 2.29. The average molecular weight is 313 g/mol. The van der Waals surface area contributed by atoms with E-state index in [4.69, 9.17) is 5.73 Å². The molecule has 0 saturated carbocycles. The summed E-state index contributed by atoms with van der Waals surface area (Å²) in [5.74, 6) is -0.0844. The first-order valence-electron chi connectivity index (χ1n) is 7.95. The van der Waals surface area contributed by atoms with E-state index in [-0.39, 0.29) is 22.9 Å². The number of aromatic nitrogens is 1. The van der Waals surface area contributed by atoms with Crippen LogP contribution in [-0.2, 0) is 7.05 Å². The Hall–Kier alpha value is -2.14. The number of rotatable bonds is 1. The number of carbonyl (C=O) groups is 1. The molecule has 1 aromatic carbocycles. The largest absolute Gasteiger partial charge is 0.338 e. The fourth-order valence-electron chi connectivity index (χ4n) is 3.31. The van der Waals surface area contributed by atoms with Crippen molar-refractivity contribution >= 4 is 16.8 Å². The second-order valence-corrected chi connectivity index (χ2v) is 7.08. The Balaban J connectivity index is 2.06. The molecule has 1 aromatic heterocycles. The van der Waals surface area contributed by atoms with Crippen molar-refractivity contribution in [3.05, 3.63) is 46.2 Å². The Kier molecular flexibility index (Phi) is 3.76. The second-order valence-electron chi connectivity index (χ2n) is 7.08. The molecule has 1 saturated heterocycles. The van der Waals surface area contributed by atoms with Crippen molar-refractivity contribution in [2.24, 2.45) is 18.2 Å². The molecule has 5 heteroatoms. The van der Waals surface area contributed by atoms with Gasteiger partial charge in [-0.05, 0) is 17.9 Å². The summed E-state index contributed by atoms with van der Waals surface area (Å²) in [6.07, 6.45) is 0.779. The van der Waals surface area contributed by atoms with Gasteiger partial charge in [0.1, 0.15) is 0 Å². The lowest BCUT2D eigenvalue weighted by Crippen LogP contribution is -2.54. The van der Waals surface area contributed by atoms with Gasteiger partial charge in [-0.15, -0.1) is 0 Å². The first kappa shape index (κ1) is 15.7. The molecule has 3 rings (SSSR count). The summed E-state index contributed by atoms with van der Waals surface area (Å²) in [7, 11) is 1.72. The number of nitrogens with zero attached hydrogens (tertiary/aromatic N) is 2. The van der Waals surface area contributed by atoms with E-state index in [0.29, 0.717) is 18.7 Å². The van der Waals surface area contributed by atoms with Crippen LogP contribution in [0.3, 0.4) is 0 Å². The molecular weight excluding hydrogens is 290 g/mol. The zero-order chi connectivity index (χ0) is 16.8. The number of carbonyl (C=O) groups excluding carboxylic acids is 1. The van der Waals surface area contributed by atoms with Crippen LogP contribution in [0.15, 0.2) is 35.1 Å². The summed E-state index contributed by atoms with van der Waals surface area (Å²) in [6.45, 7) is 5.40. The van der Waals surface area contributed by atoms with Crippen LogP contribution in [0, 0.1) is 5.41 Å². The maximum Gasteiger partial charge on any atom is 0.254 e. The van der Waals surface area contributed by atoms with Crippen molar-refractivity contribution in [3.8, 4) is 0 Å². The molecule has 1 amide bonds. The fourth-order valence-corrected chi connectivity index (χ4v) is 3.31. The van der Waals surface area contributed by atoms with Crippen LogP contribution in [0.5, 0.6) is 0 Å². The minimum absolute atomic E-state index is 0.0844. The number of amides is 1. The van der Waals surface area contributed by atoms with Crippen LogP contribution in [0.2, 0.25) is 0 Å². The van der Waals surface area contributed by atoms with Gasteiger partial charge in [-0.25, -0.2) is 0 Å². The highest BCUT2D eigenvalue weighted by Gasteiger charge is 2.36. The van der Waals surface area contributed by atoms with Crippen molar-refractivity contribution < 1.29 is 4.79 Å². The highest BCUT2D eigenvalue weighted by atomic mass is 16.2. The van der Waals surface area contributed by atoms with Gasteiger partial charge in [0, 0.05) is 37.6 Å². The summed E-state index contributed by atoms with van der Waals surface area (Å²) in [5.41, 5.74) is 7.12. The van der Waals surface area contributed by atoms with Crippen molar-refractivity contribution in [2.75, 3.05) is 13.1 Å². The van der Waals surface area contributed by atoms with Crippen molar-refractivity contribution in [1.29, 1.82) is 0 Å². The number of nitrogens with two attached hydrogens (primary N) is 1. The molecule has 2 N–H and O–H groups in total. The third kappa shape index (κ3) is 2.65. The molecule has 122 valence electrons. The molecule has 1 fully saturated rings. The van der Waals surface area contributed by atoms with Gasteiger partial charge in [-0.1, -0.05) is 32.0 Å². The van der Waals surface area contributed by atoms with Gasteiger partial charge in [-0.3, -0.25) is 9.59 Å². The summed E-state index contributed by atoms with van der Waals surface area (Å²) >= 11 is 0. The molecule has 0 radical (unpaired) electrons. The van der Waals surface area contributed by atoms with Gasteiger partial charge < -0.3 is 15.2 Å². The Bertz CT molecular complexity index is 823. The van der Waals surface area contributed by atoms with Crippen LogP contribution in [-0.4, -0.2) is 34.5 Å². The fraction of sp³-hybridized carbons (Fsp3) is 0.444. The maximum atomic E-state index is 13.0. The van der Waals surface area contributed by atoms with Gasteiger partial charge >= 0.3 is 0 Å². The number of hydrogen-bond acceptors (Lipinski definition) is 3. The third-order valence-electron chi connectivity index (χ3n) is 4.98. The van der Waals surface area contributed by atoms with E-state index < -0.39 is 0 Å². The number of fused-ring (bicyclic) bond motifs is 1. The molecule has 2 heterocycles. The molecule has 23 heavy (non-hydrogen) atoms. The SMILES string of the molecule is Cn1c(=O)cc(C(=O)N2CCC(N)C(C)(C)C2)c2ccccc21. The van der Waals surface area contributed by atoms with E-state index in [2.05, 4.69) is 13.8 Å². The highest BCUT2D eigenvalue weighted by molar-refractivity contribution is 6.06. The predicted octanol–water partition coefficient (Wildman–Crippen LogP) is 1.74. The van der Waals surface area contributed by atoms with E-state index in [0.717, 1.165) is 17.3 Å². The van der Waals surface area contributed by atoms with Gasteiger partial charge in [0.2, 0.25) is 0 Å².